The second kappa shape index (κ2) is 7.20. The Kier molecular flexibility index (Phi) is 5.31. The van der Waals surface area contributed by atoms with E-state index in [0.717, 1.165) is 18.5 Å². The van der Waals surface area contributed by atoms with Crippen molar-refractivity contribution in [3.63, 3.8) is 0 Å². The lowest BCUT2D eigenvalue weighted by molar-refractivity contribution is 0.513. The Labute approximate surface area is 120 Å². The molecule has 106 valence electrons. The van der Waals surface area contributed by atoms with E-state index < -0.39 is 0 Å². The Balaban J connectivity index is 2.21. The first-order valence-corrected chi connectivity index (χ1v) is 7.24. The molecule has 1 atom stereocenters. The van der Waals surface area contributed by atoms with Gasteiger partial charge in [0.05, 0.1) is 0 Å². The summed E-state index contributed by atoms with van der Waals surface area (Å²) in [5, 5.41) is 3.52. The molecule has 0 aromatic heterocycles. The van der Waals surface area contributed by atoms with Gasteiger partial charge in [-0.05, 0) is 43.5 Å². The van der Waals surface area contributed by atoms with Crippen molar-refractivity contribution in [1.29, 1.82) is 0 Å². The van der Waals surface area contributed by atoms with Crippen molar-refractivity contribution in [3.05, 3.63) is 71.0 Å². The Morgan fingerprint density at radius 2 is 1.90 bits per heavy atom. The van der Waals surface area contributed by atoms with Gasteiger partial charge in [0.1, 0.15) is 5.82 Å². The van der Waals surface area contributed by atoms with Gasteiger partial charge in [-0.15, -0.1) is 0 Å². The number of halogens is 1. The highest BCUT2D eigenvalue weighted by atomic mass is 19.1. The van der Waals surface area contributed by atoms with Crippen molar-refractivity contribution >= 4 is 0 Å². The van der Waals surface area contributed by atoms with Gasteiger partial charge in [-0.2, -0.15) is 0 Å². The Morgan fingerprint density at radius 1 is 1.10 bits per heavy atom. The second-order valence-electron chi connectivity index (χ2n) is 5.22. The largest absolute Gasteiger partial charge is 0.310 e. The molecule has 0 fully saturated rings. The lowest BCUT2D eigenvalue weighted by Crippen LogP contribution is -2.24. The molecule has 2 aromatic carbocycles. The minimum atomic E-state index is -0.122. The monoisotopic (exact) mass is 271 g/mol. The molecule has 0 aliphatic heterocycles. The number of aryl methyl sites for hydroxylation is 1. The molecule has 0 spiro atoms. The van der Waals surface area contributed by atoms with E-state index in [1.807, 2.05) is 12.1 Å². The molecule has 0 saturated heterocycles. The van der Waals surface area contributed by atoms with E-state index in [0.29, 0.717) is 6.42 Å². The Morgan fingerprint density at radius 3 is 2.60 bits per heavy atom. The summed E-state index contributed by atoms with van der Waals surface area (Å²) in [5.41, 5.74) is 3.23. The molecule has 2 heteroatoms. The van der Waals surface area contributed by atoms with Crippen LogP contribution in [0.25, 0.3) is 0 Å². The van der Waals surface area contributed by atoms with Gasteiger partial charge in [0.25, 0.3) is 0 Å². The first kappa shape index (κ1) is 14.7. The summed E-state index contributed by atoms with van der Waals surface area (Å²) in [5.74, 6) is -0.122. The van der Waals surface area contributed by atoms with Crippen molar-refractivity contribution in [3.8, 4) is 0 Å². The summed E-state index contributed by atoms with van der Waals surface area (Å²) >= 11 is 0. The molecule has 0 radical (unpaired) electrons. The predicted octanol–water partition coefficient (Wildman–Crippen LogP) is 4.42. The van der Waals surface area contributed by atoms with E-state index in [4.69, 9.17) is 0 Å². The van der Waals surface area contributed by atoms with Gasteiger partial charge in [0, 0.05) is 6.04 Å². The highest BCUT2D eigenvalue weighted by Gasteiger charge is 2.13. The van der Waals surface area contributed by atoms with Gasteiger partial charge in [-0.3, -0.25) is 0 Å². The number of hydrogen-bond acceptors (Lipinski definition) is 1. The maximum Gasteiger partial charge on any atom is 0.126 e. The lowest BCUT2D eigenvalue weighted by Gasteiger charge is -2.20. The third-order valence-electron chi connectivity index (χ3n) is 3.47. The summed E-state index contributed by atoms with van der Waals surface area (Å²) in [6, 6.07) is 15.6. The van der Waals surface area contributed by atoms with Gasteiger partial charge in [-0.1, -0.05) is 55.0 Å². The molecule has 0 bridgehead atoms. The molecule has 0 amide bonds. The number of hydrogen-bond donors (Lipinski definition) is 1. The van der Waals surface area contributed by atoms with Crippen LogP contribution in [-0.2, 0) is 6.42 Å². The summed E-state index contributed by atoms with van der Waals surface area (Å²) in [4.78, 5) is 0. The highest BCUT2D eigenvalue weighted by Crippen LogP contribution is 2.21. The molecule has 1 nitrogen and oxygen atoms in total. The van der Waals surface area contributed by atoms with Crippen molar-refractivity contribution < 1.29 is 4.39 Å². The molecule has 0 saturated carbocycles. The normalized spacial score (nSPS) is 12.3. The fraction of sp³-hybridized carbons (Fsp3) is 0.333. The first-order chi connectivity index (χ1) is 9.70. The van der Waals surface area contributed by atoms with Crippen LogP contribution in [0.2, 0.25) is 0 Å². The molecule has 0 aliphatic rings. The summed E-state index contributed by atoms with van der Waals surface area (Å²) in [6.45, 7) is 5.17. The molecular formula is C18H22FN. The predicted molar refractivity (Wildman–Crippen MR) is 82.3 cm³/mol. The maximum atomic E-state index is 13.8. The fourth-order valence-electron chi connectivity index (χ4n) is 2.40. The SMILES string of the molecule is CCCNC(Cc1ccccc1F)c1cccc(C)c1. The molecular weight excluding hydrogens is 249 g/mol. The van der Waals surface area contributed by atoms with Gasteiger partial charge < -0.3 is 5.32 Å². The van der Waals surface area contributed by atoms with E-state index in [1.54, 1.807) is 6.07 Å². The zero-order valence-corrected chi connectivity index (χ0v) is 12.2. The first-order valence-electron chi connectivity index (χ1n) is 7.24. The van der Waals surface area contributed by atoms with Crippen LogP contribution in [0.1, 0.15) is 36.1 Å². The molecule has 20 heavy (non-hydrogen) atoms. The molecule has 0 heterocycles. The van der Waals surface area contributed by atoms with Gasteiger partial charge in [-0.25, -0.2) is 4.39 Å². The molecule has 2 rings (SSSR count). The Bertz CT molecular complexity index is 551. The molecule has 1 unspecified atom stereocenters. The smallest absolute Gasteiger partial charge is 0.126 e. The quantitative estimate of drug-likeness (QED) is 0.820. The van der Waals surface area contributed by atoms with Crippen LogP contribution in [0.5, 0.6) is 0 Å². The lowest BCUT2D eigenvalue weighted by atomic mass is 9.97. The average molecular weight is 271 g/mol. The zero-order chi connectivity index (χ0) is 14.4. The average Bonchev–Trinajstić information content (AvgIpc) is 2.45. The third kappa shape index (κ3) is 3.91. The minimum absolute atomic E-state index is 0.122. The van der Waals surface area contributed by atoms with Gasteiger partial charge >= 0.3 is 0 Å². The van der Waals surface area contributed by atoms with Crippen molar-refractivity contribution in [1.82, 2.24) is 5.32 Å². The maximum absolute atomic E-state index is 13.8. The van der Waals surface area contributed by atoms with E-state index in [2.05, 4.69) is 43.4 Å². The van der Waals surface area contributed by atoms with Crippen LogP contribution in [0, 0.1) is 12.7 Å². The van der Waals surface area contributed by atoms with Crippen LogP contribution in [0.15, 0.2) is 48.5 Å². The number of nitrogens with one attached hydrogen (secondary N) is 1. The fourth-order valence-corrected chi connectivity index (χ4v) is 2.40. The topological polar surface area (TPSA) is 12.0 Å². The third-order valence-corrected chi connectivity index (χ3v) is 3.47. The molecule has 0 aliphatic carbocycles. The minimum Gasteiger partial charge on any atom is -0.310 e. The van der Waals surface area contributed by atoms with Crippen LogP contribution < -0.4 is 5.32 Å². The summed E-state index contributed by atoms with van der Waals surface area (Å²) in [7, 11) is 0. The Hall–Kier alpha value is -1.67. The van der Waals surface area contributed by atoms with Gasteiger partial charge in [0.15, 0.2) is 0 Å². The van der Waals surface area contributed by atoms with Gasteiger partial charge in [0.2, 0.25) is 0 Å². The van der Waals surface area contributed by atoms with Crippen molar-refractivity contribution in [2.24, 2.45) is 0 Å². The molecule has 1 N–H and O–H groups in total. The van der Waals surface area contributed by atoms with Crippen LogP contribution >= 0.6 is 0 Å². The van der Waals surface area contributed by atoms with Crippen LogP contribution in [0.4, 0.5) is 4.39 Å². The summed E-state index contributed by atoms with van der Waals surface area (Å²) < 4.78 is 13.8. The van der Waals surface area contributed by atoms with E-state index in [9.17, 15) is 4.39 Å². The van der Waals surface area contributed by atoms with Crippen LogP contribution in [0.3, 0.4) is 0 Å². The number of rotatable bonds is 6. The van der Waals surface area contributed by atoms with E-state index >= 15 is 0 Å². The van der Waals surface area contributed by atoms with Crippen LogP contribution in [-0.4, -0.2) is 6.54 Å². The van der Waals surface area contributed by atoms with E-state index in [-0.39, 0.29) is 11.9 Å². The summed E-state index contributed by atoms with van der Waals surface area (Å²) in [6.07, 6.45) is 1.75. The zero-order valence-electron chi connectivity index (χ0n) is 12.2. The highest BCUT2D eigenvalue weighted by molar-refractivity contribution is 5.28. The van der Waals surface area contributed by atoms with Crippen molar-refractivity contribution in [2.75, 3.05) is 6.54 Å². The van der Waals surface area contributed by atoms with Crippen molar-refractivity contribution in [2.45, 2.75) is 32.7 Å². The second-order valence-corrected chi connectivity index (χ2v) is 5.22. The standard InChI is InChI=1S/C18H22FN/c1-3-11-20-18(16-9-6-7-14(2)12-16)13-15-8-4-5-10-17(15)19/h4-10,12,18,20H,3,11,13H2,1-2H3. The van der Waals surface area contributed by atoms with E-state index in [1.165, 1.54) is 17.2 Å². The number of benzene rings is 2. The molecule has 2 aromatic rings.